The number of hydrogen-bond donors (Lipinski definition) is 2. The minimum Gasteiger partial charge on any atom is -0.382 e. The Morgan fingerprint density at radius 3 is 2.61 bits per heavy atom. The highest BCUT2D eigenvalue weighted by Gasteiger charge is 2.43. The number of nitrogens with one attached hydrogen (secondary N) is 2. The molecule has 28 heavy (non-hydrogen) atoms. The Balaban J connectivity index is 1.48. The lowest BCUT2D eigenvalue weighted by Crippen LogP contribution is -2.44. The molecule has 0 saturated carbocycles. The zero-order chi connectivity index (χ0) is 19.8. The summed E-state index contributed by atoms with van der Waals surface area (Å²) in [6.45, 7) is 3.09. The quantitative estimate of drug-likeness (QED) is 0.691. The van der Waals surface area contributed by atoms with Crippen LogP contribution in [0.25, 0.3) is 0 Å². The van der Waals surface area contributed by atoms with Crippen LogP contribution in [0.1, 0.15) is 25.7 Å². The minimum absolute atomic E-state index is 0.00404. The largest absolute Gasteiger partial charge is 0.382 e. The van der Waals surface area contributed by atoms with Gasteiger partial charge in [0, 0.05) is 12.1 Å². The van der Waals surface area contributed by atoms with Crippen LogP contribution in [0.3, 0.4) is 0 Å². The number of benzene rings is 1. The summed E-state index contributed by atoms with van der Waals surface area (Å²) < 4.78 is 40.5. The van der Waals surface area contributed by atoms with Gasteiger partial charge in [-0.15, -0.1) is 0 Å². The van der Waals surface area contributed by atoms with Crippen LogP contribution in [0.4, 0.5) is 15.9 Å². The van der Waals surface area contributed by atoms with Gasteiger partial charge in [-0.05, 0) is 69.1 Å². The summed E-state index contributed by atoms with van der Waals surface area (Å²) in [5.74, 6) is -0.843. The average molecular weight is 425 g/mol. The Morgan fingerprint density at radius 1 is 1.18 bits per heavy atom. The number of rotatable bonds is 6. The molecule has 2 saturated heterocycles. The molecular weight excluding hydrogens is 403 g/mol. The molecule has 2 aliphatic heterocycles. The molecule has 150 valence electrons. The van der Waals surface area contributed by atoms with Crippen LogP contribution in [0, 0.1) is 5.95 Å². The Bertz CT molecular complexity index is 976. The van der Waals surface area contributed by atoms with Crippen LogP contribution in [0.2, 0.25) is 5.02 Å². The highest BCUT2D eigenvalue weighted by Crippen LogP contribution is 2.39. The van der Waals surface area contributed by atoms with E-state index in [1.54, 1.807) is 6.07 Å². The third-order valence-corrected chi connectivity index (χ3v) is 7.29. The fourth-order valence-electron chi connectivity index (χ4n) is 4.24. The number of pyridine rings is 1. The zero-order valence-corrected chi connectivity index (χ0v) is 16.9. The smallest absolute Gasteiger partial charge is 0.263 e. The maximum atomic E-state index is 13.2. The fourth-order valence-corrected chi connectivity index (χ4v) is 5.58. The van der Waals surface area contributed by atoms with Gasteiger partial charge in [-0.1, -0.05) is 17.7 Å². The predicted molar refractivity (Wildman–Crippen MR) is 108 cm³/mol. The molecule has 0 unspecified atom stereocenters. The van der Waals surface area contributed by atoms with Gasteiger partial charge < -0.3 is 5.32 Å². The van der Waals surface area contributed by atoms with Crippen LogP contribution in [-0.4, -0.2) is 43.5 Å². The van der Waals surface area contributed by atoms with E-state index in [-0.39, 0.29) is 16.3 Å². The number of sulfonamides is 1. The average Bonchev–Trinajstić information content (AvgIpc) is 3.20. The highest BCUT2D eigenvalue weighted by molar-refractivity contribution is 7.92. The van der Waals surface area contributed by atoms with Gasteiger partial charge in [0.15, 0.2) is 0 Å². The molecule has 1 aromatic heterocycles. The predicted octanol–water partition coefficient (Wildman–Crippen LogP) is 3.72. The molecule has 2 N–H and O–H groups in total. The van der Waals surface area contributed by atoms with Crippen molar-refractivity contribution in [1.29, 1.82) is 0 Å². The molecule has 6 nitrogen and oxygen atoms in total. The first-order valence-electron chi connectivity index (χ1n) is 9.32. The standard InChI is InChI=1S/C19H22ClFN4O2S/c20-15-12-14(28(26,27)24-18-5-1-4-17(21)23-18)6-7-16(15)22-13-19-8-2-10-25(19)11-3-9-19/h1,4-7,12,22H,2-3,8-11,13H2,(H,23,24). The van der Waals surface area contributed by atoms with Crippen molar-refractivity contribution in [2.45, 2.75) is 36.1 Å². The second kappa shape index (κ2) is 7.50. The van der Waals surface area contributed by atoms with Crippen LogP contribution in [0.15, 0.2) is 41.3 Å². The summed E-state index contributed by atoms with van der Waals surface area (Å²) in [7, 11) is -3.92. The summed E-state index contributed by atoms with van der Waals surface area (Å²) in [5, 5.41) is 3.73. The summed E-state index contributed by atoms with van der Waals surface area (Å²) >= 11 is 6.35. The lowest BCUT2D eigenvalue weighted by molar-refractivity contribution is 0.209. The highest BCUT2D eigenvalue weighted by atomic mass is 35.5. The fraction of sp³-hybridized carbons (Fsp3) is 0.421. The van der Waals surface area contributed by atoms with E-state index in [1.807, 2.05) is 0 Å². The van der Waals surface area contributed by atoms with Gasteiger partial charge in [-0.25, -0.2) is 13.4 Å². The van der Waals surface area contributed by atoms with E-state index < -0.39 is 16.0 Å². The molecule has 2 aliphatic rings. The first-order valence-corrected chi connectivity index (χ1v) is 11.2. The van der Waals surface area contributed by atoms with Crippen LogP contribution in [-0.2, 0) is 10.0 Å². The maximum Gasteiger partial charge on any atom is 0.263 e. The number of hydrogen-bond acceptors (Lipinski definition) is 5. The zero-order valence-electron chi connectivity index (χ0n) is 15.3. The van der Waals surface area contributed by atoms with Crippen molar-refractivity contribution in [3.05, 3.63) is 47.4 Å². The number of aromatic nitrogens is 1. The van der Waals surface area contributed by atoms with E-state index in [0.29, 0.717) is 10.7 Å². The molecule has 3 heterocycles. The minimum atomic E-state index is -3.92. The molecule has 1 aromatic carbocycles. The van der Waals surface area contributed by atoms with Gasteiger partial charge in [0.1, 0.15) is 5.82 Å². The van der Waals surface area contributed by atoms with Crippen LogP contribution >= 0.6 is 11.6 Å². The first kappa shape index (κ1) is 19.4. The molecule has 4 rings (SSSR count). The molecule has 0 amide bonds. The summed E-state index contributed by atoms with van der Waals surface area (Å²) in [5.41, 5.74) is 0.899. The van der Waals surface area contributed by atoms with Gasteiger partial charge in [0.05, 0.1) is 15.6 Å². The number of fused-ring (bicyclic) bond motifs is 1. The van der Waals surface area contributed by atoms with Gasteiger partial charge in [-0.2, -0.15) is 4.39 Å². The van der Waals surface area contributed by atoms with Crippen molar-refractivity contribution < 1.29 is 12.8 Å². The molecule has 0 spiro atoms. The molecule has 9 heteroatoms. The molecular formula is C19H22ClFN4O2S. The first-order chi connectivity index (χ1) is 13.4. The van der Waals surface area contributed by atoms with Gasteiger partial charge >= 0.3 is 0 Å². The SMILES string of the molecule is O=S(=O)(Nc1cccc(F)n1)c1ccc(NCC23CCCN2CCC3)c(Cl)c1. The Hall–Kier alpha value is -1.90. The number of halogens is 2. The van der Waals surface area contributed by atoms with Crippen molar-refractivity contribution in [3.63, 3.8) is 0 Å². The van der Waals surface area contributed by atoms with E-state index in [4.69, 9.17) is 11.6 Å². The molecule has 2 aromatic rings. The van der Waals surface area contributed by atoms with Crippen molar-refractivity contribution in [3.8, 4) is 0 Å². The topological polar surface area (TPSA) is 74.3 Å². The van der Waals surface area contributed by atoms with Crippen LogP contribution in [0.5, 0.6) is 0 Å². The Kier molecular flexibility index (Phi) is 5.20. The van der Waals surface area contributed by atoms with Crippen LogP contribution < -0.4 is 10.0 Å². The summed E-state index contributed by atoms with van der Waals surface area (Å²) in [4.78, 5) is 6.06. The lowest BCUT2D eigenvalue weighted by Gasteiger charge is -2.32. The molecule has 2 fully saturated rings. The van der Waals surface area contributed by atoms with E-state index in [1.165, 1.54) is 49.9 Å². The van der Waals surface area contributed by atoms with E-state index >= 15 is 0 Å². The lowest BCUT2D eigenvalue weighted by atomic mass is 9.94. The third-order valence-electron chi connectivity index (χ3n) is 5.62. The third kappa shape index (κ3) is 3.81. The van der Waals surface area contributed by atoms with Gasteiger partial charge in [0.2, 0.25) is 5.95 Å². The van der Waals surface area contributed by atoms with Gasteiger partial charge in [0.25, 0.3) is 10.0 Å². The summed E-state index contributed by atoms with van der Waals surface area (Å²) in [6, 6.07) is 8.45. The molecule has 0 atom stereocenters. The van der Waals surface area contributed by atoms with Crippen molar-refractivity contribution in [1.82, 2.24) is 9.88 Å². The molecule has 0 radical (unpaired) electrons. The van der Waals surface area contributed by atoms with Crippen molar-refractivity contribution >= 4 is 33.1 Å². The Morgan fingerprint density at radius 2 is 1.93 bits per heavy atom. The molecule has 0 bridgehead atoms. The van der Waals surface area contributed by atoms with Crippen molar-refractivity contribution in [2.24, 2.45) is 0 Å². The second-order valence-corrected chi connectivity index (χ2v) is 9.45. The van der Waals surface area contributed by atoms with E-state index in [9.17, 15) is 12.8 Å². The second-order valence-electron chi connectivity index (χ2n) is 7.36. The maximum absolute atomic E-state index is 13.2. The van der Waals surface area contributed by atoms with E-state index in [0.717, 1.165) is 25.7 Å². The normalized spacial score (nSPS) is 18.8. The van der Waals surface area contributed by atoms with Gasteiger partial charge in [-0.3, -0.25) is 9.62 Å². The Labute approximate surface area is 169 Å². The molecule has 0 aliphatic carbocycles. The van der Waals surface area contributed by atoms with Crippen molar-refractivity contribution in [2.75, 3.05) is 29.7 Å². The number of anilines is 2. The summed E-state index contributed by atoms with van der Waals surface area (Å²) in [6.07, 6.45) is 4.78. The monoisotopic (exact) mass is 424 g/mol. The number of nitrogens with zero attached hydrogens (tertiary/aromatic N) is 2. The van der Waals surface area contributed by atoms with E-state index in [2.05, 4.69) is 19.9 Å².